The molecule has 0 saturated carbocycles. The largest absolute Gasteiger partial charge is 0.393 e. The average molecular weight is 248 g/mol. The number of hydrogen-bond donors (Lipinski definition) is 2. The minimum atomic E-state index is -1.95. The van der Waals surface area contributed by atoms with E-state index in [9.17, 15) is 18.4 Å². The summed E-state index contributed by atoms with van der Waals surface area (Å²) in [5.41, 5.74) is -3.97. The molecule has 0 aromatic carbocycles. The minimum Gasteiger partial charge on any atom is -0.393 e. The van der Waals surface area contributed by atoms with Crippen LogP contribution in [0, 0.1) is 5.82 Å². The molecule has 0 bridgehead atoms. The Hall–Kier alpha value is -1.54. The standard InChI is InChI=1S/C9H10F2N2O4/c10-5-2-13(8(16)12-7(5)15)6-1-9(11,3-14)4-17-6/h2,6,14H,1,3-4H2,(H,12,15,16). The van der Waals surface area contributed by atoms with Gasteiger partial charge >= 0.3 is 5.69 Å². The number of aliphatic hydroxyl groups is 1. The molecule has 0 radical (unpaired) electrons. The van der Waals surface area contributed by atoms with Gasteiger partial charge in [-0.1, -0.05) is 0 Å². The number of aromatic amines is 1. The molecule has 2 heterocycles. The first-order valence-electron chi connectivity index (χ1n) is 4.87. The first-order chi connectivity index (χ1) is 7.95. The van der Waals surface area contributed by atoms with Gasteiger partial charge in [-0.3, -0.25) is 14.3 Å². The van der Waals surface area contributed by atoms with Crippen molar-refractivity contribution in [2.75, 3.05) is 13.2 Å². The van der Waals surface area contributed by atoms with Crippen molar-refractivity contribution in [1.29, 1.82) is 0 Å². The molecule has 1 fully saturated rings. The van der Waals surface area contributed by atoms with Crippen LogP contribution in [-0.2, 0) is 4.74 Å². The molecule has 2 atom stereocenters. The molecule has 0 spiro atoms. The average Bonchev–Trinajstić information content (AvgIpc) is 2.67. The third-order valence-electron chi connectivity index (χ3n) is 2.59. The van der Waals surface area contributed by atoms with Crippen molar-refractivity contribution in [2.45, 2.75) is 18.3 Å². The summed E-state index contributed by atoms with van der Waals surface area (Å²) < 4.78 is 32.3. The Balaban J connectivity index is 2.34. The molecule has 6 nitrogen and oxygen atoms in total. The molecule has 2 rings (SSSR count). The van der Waals surface area contributed by atoms with Crippen molar-refractivity contribution < 1.29 is 18.6 Å². The highest BCUT2D eigenvalue weighted by Crippen LogP contribution is 2.32. The molecule has 1 aromatic rings. The molecule has 8 heteroatoms. The van der Waals surface area contributed by atoms with E-state index in [1.165, 1.54) is 0 Å². The number of aromatic nitrogens is 2. The van der Waals surface area contributed by atoms with Crippen molar-refractivity contribution >= 4 is 0 Å². The van der Waals surface area contributed by atoms with E-state index >= 15 is 0 Å². The second-order valence-corrected chi connectivity index (χ2v) is 3.92. The van der Waals surface area contributed by atoms with E-state index in [0.717, 1.165) is 4.57 Å². The Morgan fingerprint density at radius 2 is 2.35 bits per heavy atom. The third-order valence-corrected chi connectivity index (χ3v) is 2.59. The lowest BCUT2D eigenvalue weighted by atomic mass is 10.1. The lowest BCUT2D eigenvalue weighted by Gasteiger charge is -2.14. The van der Waals surface area contributed by atoms with Crippen molar-refractivity contribution in [3.05, 3.63) is 32.9 Å². The van der Waals surface area contributed by atoms with Gasteiger partial charge in [-0.15, -0.1) is 0 Å². The highest BCUT2D eigenvalue weighted by molar-refractivity contribution is 4.93. The Bertz CT molecular complexity index is 541. The number of hydrogen-bond acceptors (Lipinski definition) is 4. The lowest BCUT2D eigenvalue weighted by Crippen LogP contribution is -2.34. The maximum absolute atomic E-state index is 13.6. The van der Waals surface area contributed by atoms with Crippen molar-refractivity contribution in [3.63, 3.8) is 0 Å². The van der Waals surface area contributed by atoms with E-state index in [2.05, 4.69) is 0 Å². The molecule has 1 saturated heterocycles. The van der Waals surface area contributed by atoms with Crippen LogP contribution in [-0.4, -0.2) is 33.5 Å². The first-order valence-corrected chi connectivity index (χ1v) is 4.87. The number of ether oxygens (including phenoxy) is 1. The Kier molecular flexibility index (Phi) is 2.84. The normalized spacial score (nSPS) is 28.5. The van der Waals surface area contributed by atoms with E-state index in [0.29, 0.717) is 6.20 Å². The molecule has 0 aliphatic carbocycles. The van der Waals surface area contributed by atoms with Gasteiger partial charge in [0.25, 0.3) is 5.56 Å². The van der Waals surface area contributed by atoms with Crippen molar-refractivity contribution in [2.24, 2.45) is 0 Å². The maximum atomic E-state index is 13.6. The summed E-state index contributed by atoms with van der Waals surface area (Å²) in [6, 6.07) is 0. The summed E-state index contributed by atoms with van der Waals surface area (Å²) in [7, 11) is 0. The zero-order chi connectivity index (χ0) is 12.6. The fraction of sp³-hybridized carbons (Fsp3) is 0.556. The van der Waals surface area contributed by atoms with Gasteiger partial charge in [-0.05, 0) is 0 Å². The predicted octanol–water partition coefficient (Wildman–Crippen LogP) is -0.705. The summed E-state index contributed by atoms with van der Waals surface area (Å²) in [5, 5.41) is 8.78. The van der Waals surface area contributed by atoms with E-state index in [4.69, 9.17) is 9.84 Å². The highest BCUT2D eigenvalue weighted by atomic mass is 19.1. The summed E-state index contributed by atoms with van der Waals surface area (Å²) in [5.74, 6) is -1.16. The Morgan fingerprint density at radius 1 is 1.65 bits per heavy atom. The summed E-state index contributed by atoms with van der Waals surface area (Å²) in [4.78, 5) is 23.9. The van der Waals surface area contributed by atoms with Gasteiger partial charge in [-0.2, -0.15) is 4.39 Å². The summed E-state index contributed by atoms with van der Waals surface area (Å²) in [6.45, 7) is -1.13. The van der Waals surface area contributed by atoms with Gasteiger partial charge in [-0.25, -0.2) is 9.18 Å². The summed E-state index contributed by atoms with van der Waals surface area (Å²) in [6.07, 6.45) is -0.657. The smallest absolute Gasteiger partial charge is 0.330 e. The minimum absolute atomic E-state index is 0.283. The molecule has 1 aromatic heterocycles. The Morgan fingerprint density at radius 3 is 2.94 bits per heavy atom. The van der Waals surface area contributed by atoms with Gasteiger partial charge in [0, 0.05) is 6.42 Å². The van der Waals surface area contributed by atoms with Gasteiger partial charge in [0.05, 0.1) is 19.4 Å². The summed E-state index contributed by atoms with van der Waals surface area (Å²) >= 11 is 0. The van der Waals surface area contributed by atoms with Gasteiger partial charge in [0.15, 0.2) is 5.67 Å². The van der Waals surface area contributed by atoms with Crippen LogP contribution < -0.4 is 11.2 Å². The first kappa shape index (κ1) is 11.9. The number of H-pyrrole nitrogens is 1. The zero-order valence-corrected chi connectivity index (χ0v) is 8.65. The van der Waals surface area contributed by atoms with Crippen molar-refractivity contribution in [3.8, 4) is 0 Å². The van der Waals surface area contributed by atoms with Crippen LogP contribution in [0.25, 0.3) is 0 Å². The molecular weight excluding hydrogens is 238 g/mol. The molecule has 1 aliphatic rings. The monoisotopic (exact) mass is 248 g/mol. The number of alkyl halides is 1. The second kappa shape index (κ2) is 4.04. The number of aliphatic hydroxyl groups excluding tert-OH is 1. The van der Waals surface area contributed by atoms with Crippen LogP contribution in [0.5, 0.6) is 0 Å². The molecule has 1 aliphatic heterocycles. The molecule has 2 N–H and O–H groups in total. The molecule has 94 valence electrons. The third kappa shape index (κ3) is 2.13. The number of halogens is 2. The maximum Gasteiger partial charge on any atom is 0.330 e. The second-order valence-electron chi connectivity index (χ2n) is 3.92. The Labute approximate surface area is 93.5 Å². The topological polar surface area (TPSA) is 84.3 Å². The fourth-order valence-electron chi connectivity index (χ4n) is 1.64. The van der Waals surface area contributed by atoms with E-state index in [-0.39, 0.29) is 13.0 Å². The number of nitrogens with zero attached hydrogens (tertiary/aromatic N) is 1. The van der Waals surface area contributed by atoms with E-state index in [1.807, 2.05) is 0 Å². The number of nitrogens with one attached hydrogen (secondary N) is 1. The molecule has 0 amide bonds. The van der Waals surface area contributed by atoms with Gasteiger partial charge in [0.2, 0.25) is 5.82 Å². The molecule has 2 unspecified atom stereocenters. The van der Waals surface area contributed by atoms with Crippen molar-refractivity contribution in [1.82, 2.24) is 9.55 Å². The number of rotatable bonds is 2. The van der Waals surface area contributed by atoms with Gasteiger partial charge in [0.1, 0.15) is 6.23 Å². The van der Waals surface area contributed by atoms with Crippen LogP contribution in [0.1, 0.15) is 12.6 Å². The highest BCUT2D eigenvalue weighted by Gasteiger charge is 2.41. The quantitative estimate of drug-likeness (QED) is 0.724. The van der Waals surface area contributed by atoms with Gasteiger partial charge < -0.3 is 9.84 Å². The van der Waals surface area contributed by atoms with Crippen LogP contribution in [0.15, 0.2) is 15.8 Å². The lowest BCUT2D eigenvalue weighted by molar-refractivity contribution is 0.0269. The van der Waals surface area contributed by atoms with Crippen LogP contribution >= 0.6 is 0 Å². The molecular formula is C9H10F2N2O4. The van der Waals surface area contributed by atoms with Crippen LogP contribution in [0.3, 0.4) is 0 Å². The van der Waals surface area contributed by atoms with E-state index < -0.39 is 35.6 Å². The molecule has 17 heavy (non-hydrogen) atoms. The fourth-order valence-corrected chi connectivity index (χ4v) is 1.64. The predicted molar refractivity (Wildman–Crippen MR) is 51.8 cm³/mol. The van der Waals surface area contributed by atoms with E-state index in [1.54, 1.807) is 4.98 Å². The SMILES string of the molecule is O=c1[nH]c(=O)n(C2CC(F)(CO)CO2)cc1F. The van der Waals surface area contributed by atoms with Crippen LogP contribution in [0.2, 0.25) is 0 Å². The van der Waals surface area contributed by atoms with Crippen LogP contribution in [0.4, 0.5) is 8.78 Å². The zero-order valence-electron chi connectivity index (χ0n) is 8.65.